The van der Waals surface area contributed by atoms with E-state index >= 15 is 0 Å². The van der Waals surface area contributed by atoms with Crippen molar-refractivity contribution in [2.75, 3.05) is 18.4 Å². The number of rotatable bonds is 6. The van der Waals surface area contributed by atoms with Gasteiger partial charge in [0.2, 0.25) is 17.7 Å². The minimum absolute atomic E-state index is 0.0517. The molecule has 26 heavy (non-hydrogen) atoms. The number of anilines is 1. The van der Waals surface area contributed by atoms with Gasteiger partial charge in [-0.25, -0.2) is 0 Å². The summed E-state index contributed by atoms with van der Waals surface area (Å²) in [7, 11) is 0. The molecule has 0 aliphatic carbocycles. The van der Waals surface area contributed by atoms with E-state index in [9.17, 15) is 14.4 Å². The molecule has 0 saturated carbocycles. The van der Waals surface area contributed by atoms with Crippen LogP contribution in [0.1, 0.15) is 51.0 Å². The molecule has 0 bridgehead atoms. The van der Waals surface area contributed by atoms with E-state index in [1.54, 1.807) is 0 Å². The maximum atomic E-state index is 12.7. The third-order valence-electron chi connectivity index (χ3n) is 5.14. The number of hydrogen-bond donors (Lipinski definition) is 1. The zero-order chi connectivity index (χ0) is 18.5. The van der Waals surface area contributed by atoms with Crippen molar-refractivity contribution in [3.05, 3.63) is 29.8 Å². The SMILES string of the molecule is CCCN1CCCCC1C(=O)Nc1ccc(CN2C(=O)CCC2=O)cc1. The van der Waals surface area contributed by atoms with Gasteiger partial charge in [-0.1, -0.05) is 25.5 Å². The van der Waals surface area contributed by atoms with Crippen LogP contribution in [0.15, 0.2) is 24.3 Å². The molecule has 2 aliphatic rings. The lowest BCUT2D eigenvalue weighted by atomic mass is 10.0. The molecule has 6 nitrogen and oxygen atoms in total. The van der Waals surface area contributed by atoms with Gasteiger partial charge >= 0.3 is 0 Å². The van der Waals surface area contributed by atoms with Crippen molar-refractivity contribution in [2.24, 2.45) is 0 Å². The first kappa shape index (κ1) is 18.6. The topological polar surface area (TPSA) is 69.7 Å². The maximum absolute atomic E-state index is 12.7. The number of imide groups is 1. The Kier molecular flexibility index (Phi) is 6.04. The van der Waals surface area contributed by atoms with Gasteiger partial charge in [0.05, 0.1) is 12.6 Å². The van der Waals surface area contributed by atoms with Crippen LogP contribution in [0, 0.1) is 0 Å². The van der Waals surface area contributed by atoms with Crippen LogP contribution in [0.3, 0.4) is 0 Å². The number of nitrogens with zero attached hydrogens (tertiary/aromatic N) is 2. The van der Waals surface area contributed by atoms with Gasteiger partial charge in [0.1, 0.15) is 0 Å². The highest BCUT2D eigenvalue weighted by molar-refractivity contribution is 6.01. The van der Waals surface area contributed by atoms with Gasteiger partial charge in [0.25, 0.3) is 0 Å². The van der Waals surface area contributed by atoms with Crippen molar-refractivity contribution in [2.45, 2.75) is 58.0 Å². The molecule has 2 fully saturated rings. The van der Waals surface area contributed by atoms with Crippen molar-refractivity contribution >= 4 is 23.4 Å². The molecule has 1 aromatic carbocycles. The van der Waals surface area contributed by atoms with Gasteiger partial charge in [-0.05, 0) is 50.0 Å². The quantitative estimate of drug-likeness (QED) is 0.795. The first-order valence-corrected chi connectivity index (χ1v) is 9.55. The second-order valence-electron chi connectivity index (χ2n) is 7.11. The smallest absolute Gasteiger partial charge is 0.241 e. The molecular formula is C20H27N3O3. The molecule has 2 heterocycles. The number of piperidine rings is 1. The second-order valence-corrected chi connectivity index (χ2v) is 7.11. The number of benzene rings is 1. The van der Waals surface area contributed by atoms with Gasteiger partial charge in [-0.15, -0.1) is 0 Å². The minimum atomic E-state index is -0.110. The Morgan fingerprint density at radius 2 is 1.81 bits per heavy atom. The van der Waals surface area contributed by atoms with E-state index in [1.807, 2.05) is 24.3 Å². The normalized spacial score (nSPS) is 21.3. The summed E-state index contributed by atoms with van der Waals surface area (Å²) in [6.07, 6.45) is 4.82. The third kappa shape index (κ3) is 4.30. The summed E-state index contributed by atoms with van der Waals surface area (Å²) in [6.45, 7) is 4.38. The molecule has 1 unspecified atom stereocenters. The first-order chi connectivity index (χ1) is 12.6. The van der Waals surface area contributed by atoms with E-state index in [4.69, 9.17) is 0 Å². The van der Waals surface area contributed by atoms with E-state index in [1.165, 1.54) is 4.90 Å². The molecule has 1 atom stereocenters. The average Bonchev–Trinajstić information content (AvgIpc) is 2.96. The molecular weight excluding hydrogens is 330 g/mol. The number of nitrogens with one attached hydrogen (secondary N) is 1. The van der Waals surface area contributed by atoms with E-state index in [-0.39, 0.29) is 23.8 Å². The number of carbonyl (C=O) groups is 3. The highest BCUT2D eigenvalue weighted by Gasteiger charge is 2.29. The number of amides is 3. The summed E-state index contributed by atoms with van der Waals surface area (Å²) < 4.78 is 0. The van der Waals surface area contributed by atoms with E-state index < -0.39 is 0 Å². The summed E-state index contributed by atoms with van der Waals surface area (Å²) in [5, 5.41) is 3.01. The monoisotopic (exact) mass is 357 g/mol. The molecule has 2 aliphatic heterocycles. The van der Waals surface area contributed by atoms with E-state index in [0.717, 1.165) is 50.0 Å². The Morgan fingerprint density at radius 3 is 2.46 bits per heavy atom. The Labute approximate surface area is 154 Å². The third-order valence-corrected chi connectivity index (χ3v) is 5.14. The Morgan fingerprint density at radius 1 is 1.12 bits per heavy atom. The molecule has 6 heteroatoms. The van der Waals surface area contributed by atoms with Gasteiger partial charge in [-0.3, -0.25) is 24.2 Å². The molecule has 0 radical (unpaired) electrons. The van der Waals surface area contributed by atoms with Gasteiger partial charge in [0.15, 0.2) is 0 Å². The highest BCUT2D eigenvalue weighted by Crippen LogP contribution is 2.20. The van der Waals surface area contributed by atoms with Crippen LogP contribution < -0.4 is 5.32 Å². The molecule has 2 saturated heterocycles. The zero-order valence-electron chi connectivity index (χ0n) is 15.4. The molecule has 3 amide bonds. The van der Waals surface area contributed by atoms with Crippen LogP contribution in [0.2, 0.25) is 0 Å². The fourth-order valence-corrected chi connectivity index (χ4v) is 3.74. The lowest BCUT2D eigenvalue weighted by Gasteiger charge is -2.34. The van der Waals surface area contributed by atoms with Crippen molar-refractivity contribution in [1.29, 1.82) is 0 Å². The van der Waals surface area contributed by atoms with Crippen LogP contribution in [0.5, 0.6) is 0 Å². The Bertz CT molecular complexity index is 653. The maximum Gasteiger partial charge on any atom is 0.241 e. The van der Waals surface area contributed by atoms with Crippen LogP contribution >= 0.6 is 0 Å². The Balaban J connectivity index is 1.59. The fraction of sp³-hybridized carbons (Fsp3) is 0.550. The summed E-state index contributed by atoms with van der Waals surface area (Å²) in [5.41, 5.74) is 1.64. The number of likely N-dealkylation sites (tertiary alicyclic amines) is 2. The fourth-order valence-electron chi connectivity index (χ4n) is 3.74. The molecule has 1 N–H and O–H groups in total. The summed E-state index contributed by atoms with van der Waals surface area (Å²) in [4.78, 5) is 39.6. The van der Waals surface area contributed by atoms with Gasteiger partial charge in [0, 0.05) is 18.5 Å². The molecule has 3 rings (SSSR count). The predicted molar refractivity (Wildman–Crippen MR) is 99.4 cm³/mol. The summed E-state index contributed by atoms with van der Waals surface area (Å²) in [6, 6.07) is 7.35. The van der Waals surface area contributed by atoms with Crippen molar-refractivity contribution in [3.63, 3.8) is 0 Å². The number of carbonyl (C=O) groups excluding carboxylic acids is 3. The van der Waals surface area contributed by atoms with Crippen molar-refractivity contribution in [1.82, 2.24) is 9.80 Å². The Hall–Kier alpha value is -2.21. The summed E-state index contributed by atoms with van der Waals surface area (Å²) in [5.74, 6) is -0.169. The van der Waals surface area contributed by atoms with Crippen molar-refractivity contribution in [3.8, 4) is 0 Å². The van der Waals surface area contributed by atoms with Crippen LogP contribution in [-0.2, 0) is 20.9 Å². The van der Waals surface area contributed by atoms with Crippen molar-refractivity contribution < 1.29 is 14.4 Å². The highest BCUT2D eigenvalue weighted by atomic mass is 16.2. The first-order valence-electron chi connectivity index (χ1n) is 9.55. The largest absolute Gasteiger partial charge is 0.325 e. The van der Waals surface area contributed by atoms with Gasteiger partial charge < -0.3 is 5.32 Å². The molecule has 0 aromatic heterocycles. The minimum Gasteiger partial charge on any atom is -0.325 e. The lowest BCUT2D eigenvalue weighted by Crippen LogP contribution is -2.47. The second kappa shape index (κ2) is 8.45. The lowest BCUT2D eigenvalue weighted by molar-refractivity contribution is -0.139. The predicted octanol–water partition coefficient (Wildman–Crippen LogP) is 2.54. The average molecular weight is 357 g/mol. The molecule has 140 valence electrons. The van der Waals surface area contributed by atoms with E-state index in [0.29, 0.717) is 19.4 Å². The van der Waals surface area contributed by atoms with Crippen LogP contribution in [0.25, 0.3) is 0 Å². The molecule has 0 spiro atoms. The standard InChI is InChI=1S/C20H27N3O3/c1-2-12-22-13-4-3-5-17(22)20(26)21-16-8-6-15(7-9-16)14-23-18(24)10-11-19(23)25/h6-9,17H,2-5,10-14H2,1H3,(H,21,26). The van der Waals surface area contributed by atoms with Crippen LogP contribution in [-0.4, -0.2) is 46.7 Å². The molecule has 1 aromatic rings. The van der Waals surface area contributed by atoms with Gasteiger partial charge in [-0.2, -0.15) is 0 Å². The summed E-state index contributed by atoms with van der Waals surface area (Å²) >= 11 is 0. The zero-order valence-corrected chi connectivity index (χ0v) is 15.4. The van der Waals surface area contributed by atoms with E-state index in [2.05, 4.69) is 17.1 Å². The number of hydrogen-bond acceptors (Lipinski definition) is 4. The van der Waals surface area contributed by atoms with Crippen LogP contribution in [0.4, 0.5) is 5.69 Å².